The molecule has 6 heteroatoms. The Labute approximate surface area is 146 Å². The van der Waals surface area contributed by atoms with Crippen LogP contribution in [0.25, 0.3) is 0 Å². The summed E-state index contributed by atoms with van der Waals surface area (Å²) < 4.78 is 5.68. The molecule has 1 unspecified atom stereocenters. The number of hydrogen-bond donors (Lipinski definition) is 1. The summed E-state index contributed by atoms with van der Waals surface area (Å²) in [5.41, 5.74) is 8.47. The average molecular weight is 339 g/mol. The van der Waals surface area contributed by atoms with E-state index in [9.17, 15) is 9.59 Å². The van der Waals surface area contributed by atoms with Crippen molar-refractivity contribution in [3.05, 3.63) is 47.0 Å². The molecule has 1 aromatic carbocycles. The molecular weight excluding hydrogens is 318 g/mol. The topological polar surface area (TPSA) is 85.5 Å². The molecule has 0 saturated heterocycles. The van der Waals surface area contributed by atoms with E-state index < -0.39 is 6.10 Å². The highest BCUT2D eigenvalue weighted by molar-refractivity contribution is 6.07. The number of anilines is 2. The molecule has 1 atom stereocenters. The number of hydrogen-bond acceptors (Lipinski definition) is 5. The van der Waals surface area contributed by atoms with Crippen molar-refractivity contribution < 1.29 is 14.3 Å². The number of nitrogen functional groups attached to an aromatic ring is 1. The summed E-state index contributed by atoms with van der Waals surface area (Å²) in [7, 11) is 0. The Balaban J connectivity index is 1.94. The summed E-state index contributed by atoms with van der Waals surface area (Å²) in [5.74, 6) is 0.614. The van der Waals surface area contributed by atoms with E-state index in [1.165, 1.54) is 4.90 Å². The third kappa shape index (κ3) is 3.20. The van der Waals surface area contributed by atoms with Crippen LogP contribution in [0.15, 0.2) is 30.3 Å². The number of carbonyl (C=O) groups excluding carboxylic acids is 2. The number of amides is 1. The summed E-state index contributed by atoms with van der Waals surface area (Å²) in [5, 5.41) is 0. The van der Waals surface area contributed by atoms with Gasteiger partial charge in [0.15, 0.2) is 23.5 Å². The number of ketones is 1. The van der Waals surface area contributed by atoms with Crippen LogP contribution in [0, 0.1) is 13.8 Å². The highest BCUT2D eigenvalue weighted by atomic mass is 16.5. The molecule has 0 aliphatic carbocycles. The Kier molecular flexibility index (Phi) is 4.44. The van der Waals surface area contributed by atoms with Gasteiger partial charge in [-0.25, -0.2) is 4.98 Å². The van der Waals surface area contributed by atoms with Crippen molar-refractivity contribution in [3.63, 3.8) is 0 Å². The maximum absolute atomic E-state index is 12.7. The van der Waals surface area contributed by atoms with E-state index in [2.05, 4.69) is 4.98 Å². The van der Waals surface area contributed by atoms with E-state index in [1.54, 1.807) is 18.2 Å². The molecule has 0 spiro atoms. The molecule has 6 nitrogen and oxygen atoms in total. The summed E-state index contributed by atoms with van der Waals surface area (Å²) >= 11 is 0. The number of nitrogens with zero attached hydrogens (tertiary/aromatic N) is 2. The van der Waals surface area contributed by atoms with Gasteiger partial charge in [0.25, 0.3) is 5.91 Å². The van der Waals surface area contributed by atoms with E-state index in [0.29, 0.717) is 23.6 Å². The molecule has 1 amide bonds. The fourth-order valence-electron chi connectivity index (χ4n) is 2.78. The van der Waals surface area contributed by atoms with Crippen LogP contribution in [0.1, 0.15) is 34.8 Å². The Morgan fingerprint density at radius 2 is 2.00 bits per heavy atom. The van der Waals surface area contributed by atoms with Crippen molar-refractivity contribution >= 4 is 23.3 Å². The number of carbonyl (C=O) groups is 2. The van der Waals surface area contributed by atoms with Crippen LogP contribution in [0.3, 0.4) is 0 Å². The lowest BCUT2D eigenvalue weighted by Crippen LogP contribution is -2.48. The van der Waals surface area contributed by atoms with Crippen LogP contribution in [-0.4, -0.2) is 29.3 Å². The van der Waals surface area contributed by atoms with Gasteiger partial charge in [-0.05, 0) is 49.6 Å². The van der Waals surface area contributed by atoms with Gasteiger partial charge in [-0.15, -0.1) is 0 Å². The molecule has 0 radical (unpaired) electrons. The maximum Gasteiger partial charge on any atom is 0.269 e. The van der Waals surface area contributed by atoms with Crippen molar-refractivity contribution in [1.82, 2.24) is 4.98 Å². The Bertz CT molecular complexity index is 848. The minimum Gasteiger partial charge on any atom is -0.477 e. The fourth-order valence-corrected chi connectivity index (χ4v) is 2.78. The van der Waals surface area contributed by atoms with Gasteiger partial charge in [-0.3, -0.25) is 14.5 Å². The van der Waals surface area contributed by atoms with Gasteiger partial charge in [0.1, 0.15) is 5.82 Å². The third-order valence-corrected chi connectivity index (χ3v) is 4.43. The van der Waals surface area contributed by atoms with Crippen LogP contribution in [-0.2, 0) is 4.79 Å². The number of aromatic nitrogens is 1. The number of ether oxygens (including phenoxy) is 1. The zero-order chi connectivity index (χ0) is 18.1. The van der Waals surface area contributed by atoms with E-state index in [0.717, 1.165) is 11.1 Å². The Morgan fingerprint density at radius 3 is 2.68 bits per heavy atom. The number of pyridine rings is 1. The maximum atomic E-state index is 12.7. The second-order valence-electron chi connectivity index (χ2n) is 6.22. The van der Waals surface area contributed by atoms with Crippen LogP contribution in [0.2, 0.25) is 0 Å². The first-order valence-corrected chi connectivity index (χ1v) is 8.25. The first-order chi connectivity index (χ1) is 11.9. The van der Waals surface area contributed by atoms with E-state index in [1.807, 2.05) is 32.9 Å². The summed E-state index contributed by atoms with van der Waals surface area (Å²) in [6.45, 7) is 5.72. The van der Waals surface area contributed by atoms with Crippen molar-refractivity contribution in [2.24, 2.45) is 0 Å². The third-order valence-electron chi connectivity index (χ3n) is 4.43. The number of rotatable bonds is 4. The number of fused-ring (bicyclic) bond motifs is 1. The standard InChI is InChI=1S/C19H21N3O3/c1-4-15-19(24)22(18-16(25-15)7-8-17(20)21-18)10-14(23)13-6-5-11(2)12(3)9-13/h5-9,15H,4,10H2,1-3H3,(H2,20,21). The van der Waals surface area contributed by atoms with Gasteiger partial charge >= 0.3 is 0 Å². The Morgan fingerprint density at radius 1 is 1.24 bits per heavy atom. The lowest BCUT2D eigenvalue weighted by atomic mass is 10.0. The number of aryl methyl sites for hydroxylation is 2. The molecule has 130 valence electrons. The number of nitrogens with two attached hydrogens (primary N) is 1. The fraction of sp³-hybridized carbons (Fsp3) is 0.316. The SMILES string of the molecule is CCC1Oc2ccc(N)nc2N(CC(=O)c2ccc(C)c(C)c2)C1=O. The molecular formula is C19H21N3O3. The average Bonchev–Trinajstić information content (AvgIpc) is 2.59. The molecule has 1 aromatic heterocycles. The minimum atomic E-state index is -0.620. The highest BCUT2D eigenvalue weighted by Crippen LogP contribution is 2.33. The molecule has 2 aromatic rings. The number of Topliss-reactive ketones (excluding diaryl/α,β-unsaturated/α-hetero) is 1. The van der Waals surface area contributed by atoms with Crippen molar-refractivity contribution in [2.75, 3.05) is 17.2 Å². The zero-order valence-corrected chi connectivity index (χ0v) is 14.6. The smallest absolute Gasteiger partial charge is 0.269 e. The molecule has 3 rings (SSSR count). The molecule has 25 heavy (non-hydrogen) atoms. The lowest BCUT2D eigenvalue weighted by Gasteiger charge is -2.32. The predicted octanol–water partition coefficient (Wildman–Crippen LogP) is 2.67. The second-order valence-corrected chi connectivity index (χ2v) is 6.22. The van der Waals surface area contributed by atoms with E-state index >= 15 is 0 Å². The van der Waals surface area contributed by atoms with Crippen LogP contribution >= 0.6 is 0 Å². The monoisotopic (exact) mass is 339 g/mol. The van der Waals surface area contributed by atoms with Gasteiger partial charge in [-0.2, -0.15) is 0 Å². The van der Waals surface area contributed by atoms with E-state index in [4.69, 9.17) is 10.5 Å². The molecule has 1 aliphatic heterocycles. The summed E-state index contributed by atoms with van der Waals surface area (Å²) in [6.07, 6.45) is -0.109. The summed E-state index contributed by atoms with van der Waals surface area (Å²) in [6, 6.07) is 8.82. The van der Waals surface area contributed by atoms with Gasteiger partial charge < -0.3 is 10.5 Å². The first kappa shape index (κ1) is 17.0. The van der Waals surface area contributed by atoms with E-state index in [-0.39, 0.29) is 24.1 Å². The minimum absolute atomic E-state index is 0.0926. The van der Waals surface area contributed by atoms with Gasteiger partial charge in [0, 0.05) is 5.56 Å². The zero-order valence-electron chi connectivity index (χ0n) is 14.6. The van der Waals surface area contributed by atoms with Crippen molar-refractivity contribution in [2.45, 2.75) is 33.3 Å². The molecule has 2 N–H and O–H groups in total. The molecule has 0 fully saturated rings. The second kappa shape index (κ2) is 6.55. The summed E-state index contributed by atoms with van der Waals surface area (Å²) in [4.78, 5) is 31.0. The first-order valence-electron chi connectivity index (χ1n) is 8.25. The van der Waals surface area contributed by atoms with Crippen LogP contribution in [0.4, 0.5) is 11.6 Å². The number of benzene rings is 1. The molecule has 2 heterocycles. The van der Waals surface area contributed by atoms with Crippen LogP contribution in [0.5, 0.6) is 5.75 Å². The van der Waals surface area contributed by atoms with Gasteiger partial charge in [0.2, 0.25) is 0 Å². The van der Waals surface area contributed by atoms with Crippen LogP contribution < -0.4 is 15.4 Å². The lowest BCUT2D eigenvalue weighted by molar-refractivity contribution is -0.126. The van der Waals surface area contributed by atoms with Gasteiger partial charge in [-0.1, -0.05) is 19.1 Å². The normalized spacial score (nSPS) is 16.4. The largest absolute Gasteiger partial charge is 0.477 e. The molecule has 0 saturated carbocycles. The molecule has 1 aliphatic rings. The Hall–Kier alpha value is -2.89. The predicted molar refractivity (Wildman–Crippen MR) is 96.0 cm³/mol. The highest BCUT2D eigenvalue weighted by Gasteiger charge is 2.35. The van der Waals surface area contributed by atoms with Crippen molar-refractivity contribution in [1.29, 1.82) is 0 Å². The molecule has 0 bridgehead atoms. The van der Waals surface area contributed by atoms with Gasteiger partial charge in [0.05, 0.1) is 6.54 Å². The van der Waals surface area contributed by atoms with Crippen molar-refractivity contribution in [3.8, 4) is 5.75 Å². The quantitative estimate of drug-likeness (QED) is 0.866.